The highest BCUT2D eigenvalue weighted by molar-refractivity contribution is 5.80. The van der Waals surface area contributed by atoms with Crippen LogP contribution in [0.25, 0.3) is 0 Å². The van der Waals surface area contributed by atoms with Crippen LogP contribution in [0.1, 0.15) is 51.4 Å². The molecule has 2 saturated heterocycles. The van der Waals surface area contributed by atoms with Crippen LogP contribution in [-0.4, -0.2) is 74.2 Å². The van der Waals surface area contributed by atoms with Crippen LogP contribution >= 0.6 is 0 Å². The molecule has 2 N–H and O–H groups in total. The van der Waals surface area contributed by atoms with Gasteiger partial charge in [-0.25, -0.2) is 0 Å². The Morgan fingerprint density at radius 1 is 1.00 bits per heavy atom. The lowest BCUT2D eigenvalue weighted by Gasteiger charge is -2.27. The molecule has 0 amide bonds. The van der Waals surface area contributed by atoms with Crippen molar-refractivity contribution in [3.05, 3.63) is 0 Å². The van der Waals surface area contributed by atoms with Crippen LogP contribution in [0.4, 0.5) is 0 Å². The zero-order valence-corrected chi connectivity index (χ0v) is 14.9. The largest absolute Gasteiger partial charge is 0.355 e. The van der Waals surface area contributed by atoms with Crippen LogP contribution in [0.2, 0.25) is 0 Å². The molecule has 0 bridgehead atoms. The van der Waals surface area contributed by atoms with E-state index in [4.69, 9.17) is 0 Å². The second kappa shape index (κ2) is 8.88. The lowest BCUT2D eigenvalue weighted by Crippen LogP contribution is -2.47. The lowest BCUT2D eigenvalue weighted by atomic mass is 10.1. The first-order valence-electron chi connectivity index (χ1n) is 9.79. The molecule has 1 unspecified atom stereocenters. The molecule has 3 rings (SSSR count). The SMILES string of the molecule is CN=C(NCCN1CCCCC1)NC1CCN(C2CCCC2)C1. The van der Waals surface area contributed by atoms with Gasteiger partial charge in [0.25, 0.3) is 0 Å². The van der Waals surface area contributed by atoms with Gasteiger partial charge in [0, 0.05) is 45.3 Å². The molecule has 3 fully saturated rings. The highest BCUT2D eigenvalue weighted by atomic mass is 15.3. The number of likely N-dealkylation sites (tertiary alicyclic amines) is 2. The molecule has 0 aromatic heterocycles. The minimum atomic E-state index is 0.566. The van der Waals surface area contributed by atoms with E-state index < -0.39 is 0 Å². The Labute approximate surface area is 141 Å². The number of nitrogens with one attached hydrogen (secondary N) is 2. The second-order valence-electron chi connectivity index (χ2n) is 7.46. The fourth-order valence-corrected chi connectivity index (χ4v) is 4.41. The first-order chi connectivity index (χ1) is 11.3. The van der Waals surface area contributed by atoms with Gasteiger partial charge in [0.15, 0.2) is 5.96 Å². The molecule has 1 atom stereocenters. The molecule has 0 aromatic carbocycles. The molecule has 0 radical (unpaired) electrons. The van der Waals surface area contributed by atoms with Crippen molar-refractivity contribution in [2.24, 2.45) is 4.99 Å². The van der Waals surface area contributed by atoms with Crippen LogP contribution in [0.15, 0.2) is 4.99 Å². The molecule has 1 aliphatic carbocycles. The Hall–Kier alpha value is -0.810. The Kier molecular flexibility index (Phi) is 6.57. The van der Waals surface area contributed by atoms with Gasteiger partial charge in [0.2, 0.25) is 0 Å². The fourth-order valence-electron chi connectivity index (χ4n) is 4.41. The van der Waals surface area contributed by atoms with Gasteiger partial charge in [0.05, 0.1) is 0 Å². The van der Waals surface area contributed by atoms with E-state index in [1.54, 1.807) is 0 Å². The molecular weight excluding hydrogens is 286 g/mol. The lowest BCUT2D eigenvalue weighted by molar-refractivity contribution is 0.232. The summed E-state index contributed by atoms with van der Waals surface area (Å²) in [6.07, 6.45) is 11.1. The molecule has 132 valence electrons. The second-order valence-corrected chi connectivity index (χ2v) is 7.46. The number of piperidine rings is 1. The van der Waals surface area contributed by atoms with Crippen LogP contribution in [0.3, 0.4) is 0 Å². The molecule has 5 nitrogen and oxygen atoms in total. The molecule has 2 heterocycles. The van der Waals surface area contributed by atoms with Gasteiger partial charge in [-0.2, -0.15) is 0 Å². The summed E-state index contributed by atoms with van der Waals surface area (Å²) in [4.78, 5) is 9.68. The third-order valence-corrected chi connectivity index (χ3v) is 5.79. The van der Waals surface area contributed by atoms with Gasteiger partial charge in [-0.05, 0) is 45.2 Å². The maximum atomic E-state index is 4.41. The maximum absolute atomic E-state index is 4.41. The normalized spacial score (nSPS) is 28.4. The van der Waals surface area contributed by atoms with Crippen LogP contribution < -0.4 is 10.6 Å². The summed E-state index contributed by atoms with van der Waals surface area (Å²) in [6.45, 7) is 7.13. The van der Waals surface area contributed by atoms with E-state index in [0.29, 0.717) is 6.04 Å². The number of hydrogen-bond donors (Lipinski definition) is 2. The van der Waals surface area contributed by atoms with E-state index in [-0.39, 0.29) is 0 Å². The van der Waals surface area contributed by atoms with Gasteiger partial charge in [0.1, 0.15) is 0 Å². The highest BCUT2D eigenvalue weighted by Gasteiger charge is 2.30. The van der Waals surface area contributed by atoms with E-state index >= 15 is 0 Å². The van der Waals surface area contributed by atoms with Gasteiger partial charge in [-0.1, -0.05) is 19.3 Å². The summed E-state index contributed by atoms with van der Waals surface area (Å²) in [5, 5.41) is 7.14. The van der Waals surface area contributed by atoms with E-state index in [1.165, 1.54) is 77.5 Å². The summed E-state index contributed by atoms with van der Waals surface area (Å²) >= 11 is 0. The van der Waals surface area contributed by atoms with Crippen molar-refractivity contribution in [1.29, 1.82) is 0 Å². The number of guanidine groups is 1. The summed E-state index contributed by atoms with van der Waals surface area (Å²) in [5.74, 6) is 0.986. The highest BCUT2D eigenvalue weighted by Crippen LogP contribution is 2.26. The molecule has 2 aliphatic heterocycles. The predicted octanol–water partition coefficient (Wildman–Crippen LogP) is 1.65. The number of aliphatic imine (C=N–C) groups is 1. The van der Waals surface area contributed by atoms with Gasteiger partial charge >= 0.3 is 0 Å². The van der Waals surface area contributed by atoms with E-state index in [1.807, 2.05) is 7.05 Å². The van der Waals surface area contributed by atoms with Crippen LogP contribution in [-0.2, 0) is 0 Å². The standard InChI is InChI=1S/C18H35N5/c1-19-18(20-10-14-22-11-5-2-6-12-22)21-16-9-13-23(15-16)17-7-3-4-8-17/h16-17H,2-15H2,1H3,(H2,19,20,21). The molecular formula is C18H35N5. The zero-order chi connectivity index (χ0) is 15.9. The van der Waals surface area contributed by atoms with Crippen molar-refractivity contribution in [1.82, 2.24) is 20.4 Å². The quantitative estimate of drug-likeness (QED) is 0.597. The number of rotatable bonds is 5. The summed E-state index contributed by atoms with van der Waals surface area (Å²) < 4.78 is 0. The minimum Gasteiger partial charge on any atom is -0.355 e. The molecule has 23 heavy (non-hydrogen) atoms. The average Bonchev–Trinajstić information content (AvgIpc) is 3.26. The summed E-state index contributed by atoms with van der Waals surface area (Å²) in [6, 6.07) is 1.42. The van der Waals surface area contributed by atoms with Crippen molar-refractivity contribution >= 4 is 5.96 Å². The monoisotopic (exact) mass is 321 g/mol. The Morgan fingerprint density at radius 3 is 2.52 bits per heavy atom. The smallest absolute Gasteiger partial charge is 0.191 e. The average molecular weight is 322 g/mol. The third kappa shape index (κ3) is 5.08. The first-order valence-corrected chi connectivity index (χ1v) is 9.79. The van der Waals surface area contributed by atoms with Crippen molar-refractivity contribution < 1.29 is 0 Å². The minimum absolute atomic E-state index is 0.566. The Morgan fingerprint density at radius 2 is 1.78 bits per heavy atom. The molecule has 0 spiro atoms. The van der Waals surface area contributed by atoms with Gasteiger partial charge < -0.3 is 15.5 Å². The summed E-state index contributed by atoms with van der Waals surface area (Å²) in [7, 11) is 1.89. The van der Waals surface area contributed by atoms with Crippen molar-refractivity contribution in [3.63, 3.8) is 0 Å². The van der Waals surface area contributed by atoms with E-state index in [9.17, 15) is 0 Å². The van der Waals surface area contributed by atoms with Gasteiger partial charge in [-0.3, -0.25) is 9.89 Å². The van der Waals surface area contributed by atoms with Crippen molar-refractivity contribution in [2.45, 2.75) is 63.5 Å². The number of nitrogens with zero attached hydrogens (tertiary/aromatic N) is 3. The molecule has 1 saturated carbocycles. The van der Waals surface area contributed by atoms with Crippen molar-refractivity contribution in [3.8, 4) is 0 Å². The number of hydrogen-bond acceptors (Lipinski definition) is 3. The fraction of sp³-hybridized carbons (Fsp3) is 0.944. The first kappa shape index (κ1) is 17.0. The Balaban J connectivity index is 1.34. The van der Waals surface area contributed by atoms with Crippen LogP contribution in [0, 0.1) is 0 Å². The summed E-state index contributed by atoms with van der Waals surface area (Å²) in [5.41, 5.74) is 0. The Bertz CT molecular complexity index is 372. The molecule has 0 aromatic rings. The van der Waals surface area contributed by atoms with Crippen LogP contribution in [0.5, 0.6) is 0 Å². The molecule has 3 aliphatic rings. The maximum Gasteiger partial charge on any atom is 0.191 e. The zero-order valence-electron chi connectivity index (χ0n) is 14.9. The third-order valence-electron chi connectivity index (χ3n) is 5.79. The topological polar surface area (TPSA) is 42.9 Å². The van der Waals surface area contributed by atoms with E-state index in [2.05, 4.69) is 25.4 Å². The predicted molar refractivity (Wildman–Crippen MR) is 97.0 cm³/mol. The van der Waals surface area contributed by atoms with E-state index in [0.717, 1.165) is 25.1 Å². The van der Waals surface area contributed by atoms with Crippen molar-refractivity contribution in [2.75, 3.05) is 46.3 Å². The molecule has 5 heteroatoms. The van der Waals surface area contributed by atoms with Gasteiger partial charge in [-0.15, -0.1) is 0 Å².